The van der Waals surface area contributed by atoms with E-state index in [4.69, 9.17) is 11.6 Å². The Balaban J connectivity index is 1.84. The van der Waals surface area contributed by atoms with E-state index in [0.717, 1.165) is 0 Å². The Hall–Kier alpha value is -2.67. The van der Waals surface area contributed by atoms with Crippen LogP contribution in [0.2, 0.25) is 5.02 Å². The maximum absolute atomic E-state index is 11.9. The van der Waals surface area contributed by atoms with Gasteiger partial charge in [0, 0.05) is 43.0 Å². The summed E-state index contributed by atoms with van der Waals surface area (Å²) in [5.74, 6) is -0.321. The highest BCUT2D eigenvalue weighted by atomic mass is 35.5. The normalized spacial score (nSPS) is 10.3. The van der Waals surface area contributed by atoms with Crippen LogP contribution in [-0.2, 0) is 6.54 Å². The number of rotatable bonds is 6. The molecule has 0 spiro atoms. The molecular formula is C15H14ClN3O4. The van der Waals surface area contributed by atoms with E-state index in [0.29, 0.717) is 30.1 Å². The lowest BCUT2D eigenvalue weighted by molar-refractivity contribution is -0.384. The van der Waals surface area contributed by atoms with Crippen LogP contribution in [0.15, 0.2) is 47.4 Å². The summed E-state index contributed by atoms with van der Waals surface area (Å²) in [6.45, 7) is 0.800. The van der Waals surface area contributed by atoms with Crippen molar-refractivity contribution in [2.24, 2.45) is 0 Å². The third-order valence-corrected chi connectivity index (χ3v) is 3.37. The van der Waals surface area contributed by atoms with E-state index in [1.165, 1.54) is 41.0 Å². The lowest BCUT2D eigenvalue weighted by Crippen LogP contribution is -2.26. The number of aryl methyl sites for hydroxylation is 1. The van der Waals surface area contributed by atoms with E-state index in [1.807, 2.05) is 0 Å². The van der Waals surface area contributed by atoms with E-state index >= 15 is 0 Å². The fraction of sp³-hybridized carbons (Fsp3) is 0.200. The van der Waals surface area contributed by atoms with E-state index in [-0.39, 0.29) is 17.2 Å². The molecule has 2 rings (SSSR count). The first kappa shape index (κ1) is 16.7. The Bertz CT molecular complexity index is 771. The van der Waals surface area contributed by atoms with Gasteiger partial charge in [-0.15, -0.1) is 0 Å². The summed E-state index contributed by atoms with van der Waals surface area (Å²) in [7, 11) is 0. The number of nitrogens with one attached hydrogen (secondary N) is 1. The fourth-order valence-corrected chi connectivity index (χ4v) is 2.15. The summed E-state index contributed by atoms with van der Waals surface area (Å²) in [5, 5.41) is 13.7. The molecule has 0 aliphatic heterocycles. The number of benzene rings is 1. The first-order chi connectivity index (χ1) is 11.0. The van der Waals surface area contributed by atoms with Gasteiger partial charge in [0.15, 0.2) is 0 Å². The zero-order valence-electron chi connectivity index (χ0n) is 12.1. The average Bonchev–Trinajstić information content (AvgIpc) is 2.54. The minimum atomic E-state index is -0.523. The minimum absolute atomic E-state index is 0.0677. The Labute approximate surface area is 136 Å². The van der Waals surface area contributed by atoms with Crippen LogP contribution in [0.3, 0.4) is 0 Å². The molecule has 0 bridgehead atoms. The number of nitro groups is 1. The van der Waals surface area contributed by atoms with E-state index < -0.39 is 4.92 Å². The molecule has 1 amide bonds. The lowest BCUT2D eigenvalue weighted by atomic mass is 10.2. The predicted molar refractivity (Wildman–Crippen MR) is 85.8 cm³/mol. The first-order valence-corrected chi connectivity index (χ1v) is 7.24. The Morgan fingerprint density at radius 2 is 1.91 bits per heavy atom. The number of hydrogen-bond acceptors (Lipinski definition) is 4. The Morgan fingerprint density at radius 1 is 1.22 bits per heavy atom. The Morgan fingerprint density at radius 3 is 2.57 bits per heavy atom. The number of amides is 1. The van der Waals surface area contributed by atoms with Crippen molar-refractivity contribution in [3.63, 3.8) is 0 Å². The smallest absolute Gasteiger partial charge is 0.269 e. The molecule has 0 radical (unpaired) electrons. The third-order valence-electron chi connectivity index (χ3n) is 3.15. The molecule has 0 aliphatic carbocycles. The Kier molecular flexibility index (Phi) is 5.48. The number of pyridine rings is 1. The summed E-state index contributed by atoms with van der Waals surface area (Å²) in [4.78, 5) is 33.5. The van der Waals surface area contributed by atoms with Crippen molar-refractivity contribution >= 4 is 23.2 Å². The van der Waals surface area contributed by atoms with Crippen LogP contribution in [0, 0.1) is 10.1 Å². The first-order valence-electron chi connectivity index (χ1n) is 6.86. The van der Waals surface area contributed by atoms with Crippen LogP contribution in [-0.4, -0.2) is 21.9 Å². The van der Waals surface area contributed by atoms with Gasteiger partial charge in [-0.25, -0.2) is 0 Å². The standard InChI is InChI=1S/C15H14ClN3O4/c16-12-4-7-14(20)18(10-12)9-1-8-17-15(21)11-2-5-13(6-3-11)19(22)23/h2-7,10H,1,8-9H2,(H,17,21). The summed E-state index contributed by atoms with van der Waals surface area (Å²) < 4.78 is 1.47. The van der Waals surface area contributed by atoms with Crippen molar-refractivity contribution in [1.82, 2.24) is 9.88 Å². The molecule has 1 aromatic heterocycles. The minimum Gasteiger partial charge on any atom is -0.352 e. The van der Waals surface area contributed by atoms with Crippen molar-refractivity contribution in [1.29, 1.82) is 0 Å². The number of nitro benzene ring substituents is 1. The van der Waals surface area contributed by atoms with Crippen LogP contribution in [0.4, 0.5) is 5.69 Å². The number of halogens is 1. The van der Waals surface area contributed by atoms with Crippen LogP contribution in [0.5, 0.6) is 0 Å². The molecule has 0 aliphatic rings. The number of non-ortho nitro benzene ring substituents is 1. The monoisotopic (exact) mass is 335 g/mol. The second kappa shape index (κ2) is 7.55. The molecular weight excluding hydrogens is 322 g/mol. The maximum Gasteiger partial charge on any atom is 0.269 e. The summed E-state index contributed by atoms with van der Waals surface area (Å²) in [6.07, 6.45) is 2.10. The van der Waals surface area contributed by atoms with E-state index in [9.17, 15) is 19.7 Å². The molecule has 120 valence electrons. The second-order valence-corrected chi connectivity index (χ2v) is 5.23. The van der Waals surface area contributed by atoms with Gasteiger partial charge in [-0.3, -0.25) is 19.7 Å². The van der Waals surface area contributed by atoms with Crippen molar-refractivity contribution in [3.8, 4) is 0 Å². The molecule has 0 fully saturated rings. The van der Waals surface area contributed by atoms with E-state index in [2.05, 4.69) is 5.32 Å². The van der Waals surface area contributed by atoms with Gasteiger partial charge in [0.25, 0.3) is 17.2 Å². The molecule has 1 aromatic carbocycles. The van der Waals surface area contributed by atoms with Gasteiger partial charge in [-0.1, -0.05) is 11.6 Å². The number of hydrogen-bond donors (Lipinski definition) is 1. The molecule has 0 saturated heterocycles. The quantitative estimate of drug-likeness (QED) is 0.497. The SMILES string of the molecule is O=C(NCCCn1cc(Cl)ccc1=O)c1ccc([N+](=O)[O-])cc1. The second-order valence-electron chi connectivity index (χ2n) is 4.79. The lowest BCUT2D eigenvalue weighted by Gasteiger charge is -2.07. The molecule has 0 unspecified atom stereocenters. The molecule has 0 atom stereocenters. The van der Waals surface area contributed by atoms with Gasteiger partial charge in [0.1, 0.15) is 0 Å². The fourth-order valence-electron chi connectivity index (χ4n) is 1.96. The average molecular weight is 336 g/mol. The summed E-state index contributed by atoms with van der Waals surface area (Å²) >= 11 is 5.82. The number of carbonyl (C=O) groups is 1. The molecule has 8 heteroatoms. The van der Waals surface area contributed by atoms with Crippen LogP contribution >= 0.6 is 11.6 Å². The van der Waals surface area contributed by atoms with Gasteiger partial charge in [-0.2, -0.15) is 0 Å². The highest BCUT2D eigenvalue weighted by molar-refractivity contribution is 6.30. The highest BCUT2D eigenvalue weighted by Gasteiger charge is 2.08. The van der Waals surface area contributed by atoms with Crippen LogP contribution in [0.25, 0.3) is 0 Å². The van der Waals surface area contributed by atoms with Crippen molar-refractivity contribution in [2.75, 3.05) is 6.54 Å². The third kappa shape index (κ3) is 4.65. The van der Waals surface area contributed by atoms with Gasteiger partial charge in [0.05, 0.1) is 9.95 Å². The van der Waals surface area contributed by atoms with Crippen molar-refractivity contribution < 1.29 is 9.72 Å². The van der Waals surface area contributed by atoms with E-state index in [1.54, 1.807) is 6.20 Å². The van der Waals surface area contributed by atoms with Crippen molar-refractivity contribution in [3.05, 3.63) is 73.6 Å². The maximum atomic E-state index is 11.9. The summed E-state index contributed by atoms with van der Waals surface area (Å²) in [5.41, 5.74) is 0.119. The molecule has 1 heterocycles. The highest BCUT2D eigenvalue weighted by Crippen LogP contribution is 2.11. The van der Waals surface area contributed by atoms with Gasteiger partial charge < -0.3 is 9.88 Å². The van der Waals surface area contributed by atoms with Gasteiger partial charge in [0.2, 0.25) is 0 Å². The van der Waals surface area contributed by atoms with Gasteiger partial charge >= 0.3 is 0 Å². The molecule has 0 saturated carbocycles. The number of nitrogens with zero attached hydrogens (tertiary/aromatic N) is 2. The zero-order chi connectivity index (χ0) is 16.8. The number of carbonyl (C=O) groups excluding carboxylic acids is 1. The molecule has 1 N–H and O–H groups in total. The van der Waals surface area contributed by atoms with Gasteiger partial charge in [-0.05, 0) is 24.6 Å². The topological polar surface area (TPSA) is 94.2 Å². The van der Waals surface area contributed by atoms with Crippen molar-refractivity contribution in [2.45, 2.75) is 13.0 Å². The molecule has 7 nitrogen and oxygen atoms in total. The molecule has 23 heavy (non-hydrogen) atoms. The van der Waals surface area contributed by atoms with Crippen LogP contribution in [0.1, 0.15) is 16.8 Å². The zero-order valence-corrected chi connectivity index (χ0v) is 12.8. The molecule has 2 aromatic rings. The number of aromatic nitrogens is 1. The largest absolute Gasteiger partial charge is 0.352 e. The van der Waals surface area contributed by atoms with Crippen LogP contribution < -0.4 is 10.9 Å². The summed E-state index contributed by atoms with van der Waals surface area (Å²) in [6, 6.07) is 8.26. The predicted octanol–water partition coefficient (Wildman–Crippen LogP) is 2.23.